The molecule has 1 N–H and O–H groups in total. The first kappa shape index (κ1) is 18.5. The average Bonchev–Trinajstić information content (AvgIpc) is 2.71. The molecule has 0 atom stereocenters. The van der Waals surface area contributed by atoms with Crippen molar-refractivity contribution in [3.05, 3.63) is 71.1 Å². The molecule has 1 aliphatic rings. The minimum absolute atomic E-state index is 0.0769. The fourth-order valence-corrected chi connectivity index (χ4v) is 3.46. The first-order valence-corrected chi connectivity index (χ1v) is 9.59. The Morgan fingerprint density at radius 1 is 0.929 bits per heavy atom. The van der Waals surface area contributed by atoms with E-state index >= 15 is 0 Å². The predicted molar refractivity (Wildman–Crippen MR) is 112 cm³/mol. The van der Waals surface area contributed by atoms with Crippen LogP contribution in [-0.2, 0) is 0 Å². The first-order valence-electron chi connectivity index (χ1n) is 9.21. The van der Waals surface area contributed by atoms with Crippen LogP contribution >= 0.6 is 11.6 Å². The lowest BCUT2D eigenvalue weighted by atomic mass is 10.2. The van der Waals surface area contributed by atoms with Crippen LogP contribution in [0.1, 0.15) is 5.69 Å². The summed E-state index contributed by atoms with van der Waals surface area (Å²) in [6.07, 6.45) is 0. The minimum atomic E-state index is -0.442. The highest BCUT2D eigenvalue weighted by atomic mass is 35.5. The minimum Gasteiger partial charge on any atom is -0.368 e. The molecule has 0 unspecified atom stereocenters. The number of nitrogens with one attached hydrogen (secondary N) is 1. The van der Waals surface area contributed by atoms with E-state index in [9.17, 15) is 4.39 Å². The average molecular weight is 398 g/mol. The van der Waals surface area contributed by atoms with Crippen molar-refractivity contribution >= 4 is 34.7 Å². The van der Waals surface area contributed by atoms with Crippen LogP contribution in [0.4, 0.5) is 27.5 Å². The van der Waals surface area contributed by atoms with Crippen LogP contribution in [0.3, 0.4) is 0 Å². The van der Waals surface area contributed by atoms with Gasteiger partial charge < -0.3 is 15.1 Å². The quantitative estimate of drug-likeness (QED) is 0.694. The maximum absolute atomic E-state index is 13.4. The second-order valence-electron chi connectivity index (χ2n) is 6.76. The molecule has 5 nitrogen and oxygen atoms in total. The Hall–Kier alpha value is -2.86. The Balaban J connectivity index is 1.47. The molecule has 1 fully saturated rings. The number of benzene rings is 2. The molecule has 0 aliphatic carbocycles. The smallest absolute Gasteiger partial charge is 0.227 e. The van der Waals surface area contributed by atoms with Crippen molar-refractivity contribution in [2.45, 2.75) is 6.92 Å². The van der Waals surface area contributed by atoms with Gasteiger partial charge >= 0.3 is 0 Å². The number of para-hydroxylation sites is 1. The van der Waals surface area contributed by atoms with E-state index in [-0.39, 0.29) is 5.02 Å². The molecule has 7 heteroatoms. The van der Waals surface area contributed by atoms with Crippen LogP contribution in [0.5, 0.6) is 0 Å². The molecule has 0 radical (unpaired) electrons. The van der Waals surface area contributed by atoms with Gasteiger partial charge in [0.15, 0.2) is 0 Å². The molecule has 4 rings (SSSR count). The summed E-state index contributed by atoms with van der Waals surface area (Å²) in [4.78, 5) is 13.8. The van der Waals surface area contributed by atoms with E-state index in [1.165, 1.54) is 11.8 Å². The van der Waals surface area contributed by atoms with Crippen LogP contribution in [0.25, 0.3) is 0 Å². The number of piperazine rings is 1. The molecule has 2 heterocycles. The number of aromatic nitrogens is 2. The van der Waals surface area contributed by atoms with Gasteiger partial charge in [0.05, 0.1) is 5.02 Å². The van der Waals surface area contributed by atoms with Gasteiger partial charge in [-0.05, 0) is 37.3 Å². The number of anilines is 4. The maximum Gasteiger partial charge on any atom is 0.227 e. The van der Waals surface area contributed by atoms with Crippen LogP contribution in [0, 0.1) is 12.7 Å². The van der Waals surface area contributed by atoms with E-state index in [1.54, 1.807) is 12.1 Å². The van der Waals surface area contributed by atoms with Crippen LogP contribution in [-0.4, -0.2) is 36.1 Å². The van der Waals surface area contributed by atoms with Crippen molar-refractivity contribution in [3.8, 4) is 0 Å². The third-order valence-electron chi connectivity index (χ3n) is 4.72. The topological polar surface area (TPSA) is 44.3 Å². The van der Waals surface area contributed by atoms with E-state index in [4.69, 9.17) is 11.6 Å². The van der Waals surface area contributed by atoms with Gasteiger partial charge in [-0.2, -0.15) is 4.98 Å². The molecule has 3 aromatic rings. The summed E-state index contributed by atoms with van der Waals surface area (Å²) in [7, 11) is 0. The zero-order valence-corrected chi connectivity index (χ0v) is 16.3. The van der Waals surface area contributed by atoms with Crippen molar-refractivity contribution in [3.63, 3.8) is 0 Å². The van der Waals surface area contributed by atoms with Crippen molar-refractivity contribution in [2.24, 2.45) is 0 Å². The van der Waals surface area contributed by atoms with Crippen molar-refractivity contribution in [1.82, 2.24) is 9.97 Å². The van der Waals surface area contributed by atoms with Gasteiger partial charge in [-0.15, -0.1) is 0 Å². The lowest BCUT2D eigenvalue weighted by Crippen LogP contribution is -2.47. The molecule has 2 aromatic carbocycles. The van der Waals surface area contributed by atoms with E-state index in [0.717, 1.165) is 31.9 Å². The summed E-state index contributed by atoms with van der Waals surface area (Å²) in [6, 6.07) is 16.8. The Kier molecular flexibility index (Phi) is 5.30. The number of halogens is 2. The summed E-state index contributed by atoms with van der Waals surface area (Å²) in [5.41, 5.74) is 2.79. The summed E-state index contributed by atoms with van der Waals surface area (Å²) >= 11 is 5.87. The highest BCUT2D eigenvalue weighted by molar-refractivity contribution is 6.31. The van der Waals surface area contributed by atoms with Gasteiger partial charge in [-0.25, -0.2) is 9.37 Å². The van der Waals surface area contributed by atoms with Gasteiger partial charge in [0, 0.05) is 49.3 Å². The molecule has 0 saturated carbocycles. The maximum atomic E-state index is 13.4. The zero-order chi connectivity index (χ0) is 19.5. The molecular weight excluding hydrogens is 377 g/mol. The summed E-state index contributed by atoms with van der Waals surface area (Å²) in [5, 5.41) is 3.26. The van der Waals surface area contributed by atoms with Crippen LogP contribution < -0.4 is 15.1 Å². The zero-order valence-electron chi connectivity index (χ0n) is 15.6. The Labute approximate surface area is 168 Å². The fraction of sp³-hybridized carbons (Fsp3) is 0.238. The molecule has 0 amide bonds. The van der Waals surface area contributed by atoms with Gasteiger partial charge in [-0.3, -0.25) is 0 Å². The second kappa shape index (κ2) is 8.02. The lowest BCUT2D eigenvalue weighted by Gasteiger charge is -2.36. The lowest BCUT2D eigenvalue weighted by molar-refractivity contribution is 0.628. The van der Waals surface area contributed by atoms with Gasteiger partial charge in [0.2, 0.25) is 5.95 Å². The number of hydrogen-bond acceptors (Lipinski definition) is 5. The monoisotopic (exact) mass is 397 g/mol. The summed E-state index contributed by atoms with van der Waals surface area (Å²) in [5.74, 6) is 0.919. The van der Waals surface area contributed by atoms with Crippen molar-refractivity contribution in [1.29, 1.82) is 0 Å². The normalized spacial score (nSPS) is 14.2. The van der Waals surface area contributed by atoms with Crippen molar-refractivity contribution < 1.29 is 4.39 Å². The molecule has 28 heavy (non-hydrogen) atoms. The standard InChI is InChI=1S/C21H21ClFN5/c1-15-13-20(25-16-7-8-19(23)18(22)14-16)26-21(24-15)28-11-9-27(10-12-28)17-5-3-2-4-6-17/h2-8,13-14H,9-12H2,1H3,(H,24,25,26). The number of rotatable bonds is 4. The number of nitrogens with zero attached hydrogens (tertiary/aromatic N) is 4. The van der Waals surface area contributed by atoms with Gasteiger partial charge in [0.25, 0.3) is 0 Å². The second-order valence-corrected chi connectivity index (χ2v) is 7.17. The van der Waals surface area contributed by atoms with E-state index in [1.807, 2.05) is 19.1 Å². The van der Waals surface area contributed by atoms with Crippen LogP contribution in [0.2, 0.25) is 5.02 Å². The number of hydrogen-bond donors (Lipinski definition) is 1. The molecule has 1 aromatic heterocycles. The Bertz CT molecular complexity index is 958. The van der Waals surface area contributed by atoms with Crippen LogP contribution in [0.15, 0.2) is 54.6 Å². The molecular formula is C21H21ClFN5. The first-order chi connectivity index (χ1) is 13.6. The fourth-order valence-electron chi connectivity index (χ4n) is 3.28. The third kappa shape index (κ3) is 4.17. The predicted octanol–water partition coefficient (Wildman–Crippen LogP) is 4.65. The molecule has 0 bridgehead atoms. The summed E-state index contributed by atoms with van der Waals surface area (Å²) in [6.45, 7) is 5.46. The van der Waals surface area contributed by atoms with Crippen molar-refractivity contribution in [2.75, 3.05) is 41.3 Å². The highest BCUT2D eigenvalue weighted by Gasteiger charge is 2.20. The summed E-state index contributed by atoms with van der Waals surface area (Å²) < 4.78 is 13.4. The van der Waals surface area contributed by atoms with E-state index in [2.05, 4.69) is 49.4 Å². The molecule has 1 saturated heterocycles. The largest absolute Gasteiger partial charge is 0.368 e. The highest BCUT2D eigenvalue weighted by Crippen LogP contribution is 2.24. The Morgan fingerprint density at radius 3 is 2.36 bits per heavy atom. The SMILES string of the molecule is Cc1cc(Nc2ccc(F)c(Cl)c2)nc(N2CCN(c3ccccc3)CC2)n1. The Morgan fingerprint density at radius 2 is 1.64 bits per heavy atom. The van der Waals surface area contributed by atoms with E-state index < -0.39 is 5.82 Å². The van der Waals surface area contributed by atoms with Gasteiger partial charge in [0.1, 0.15) is 11.6 Å². The number of aryl methyl sites for hydroxylation is 1. The van der Waals surface area contributed by atoms with E-state index in [0.29, 0.717) is 17.5 Å². The third-order valence-corrected chi connectivity index (χ3v) is 5.01. The molecule has 144 valence electrons. The molecule has 1 aliphatic heterocycles. The van der Waals surface area contributed by atoms with Gasteiger partial charge in [-0.1, -0.05) is 29.8 Å². The molecule has 0 spiro atoms.